The molecule has 0 saturated carbocycles. The van der Waals surface area contributed by atoms with Gasteiger partial charge in [0.25, 0.3) is 0 Å². The highest BCUT2D eigenvalue weighted by Crippen LogP contribution is 2.42. The third kappa shape index (κ3) is 4.07. The summed E-state index contributed by atoms with van der Waals surface area (Å²) in [7, 11) is 0. The predicted molar refractivity (Wildman–Crippen MR) is 96.0 cm³/mol. The van der Waals surface area contributed by atoms with Crippen LogP contribution in [0.2, 0.25) is 0 Å². The van der Waals surface area contributed by atoms with Crippen LogP contribution in [-0.2, 0) is 15.6 Å². The van der Waals surface area contributed by atoms with Crippen molar-refractivity contribution in [2.45, 2.75) is 71.3 Å². The zero-order valence-electron chi connectivity index (χ0n) is 15.6. The molecule has 1 heterocycles. The summed E-state index contributed by atoms with van der Waals surface area (Å²) in [6, 6.07) is 4.13. The Morgan fingerprint density at radius 2 is 1.61 bits per heavy atom. The van der Waals surface area contributed by atoms with E-state index in [1.54, 1.807) is 0 Å². The molecule has 1 aliphatic rings. The van der Waals surface area contributed by atoms with Crippen LogP contribution in [0.1, 0.15) is 77.1 Å². The van der Waals surface area contributed by atoms with E-state index in [-0.39, 0.29) is 16.9 Å². The number of ether oxygens (including phenoxy) is 1. The Bertz CT molecular complexity index is 546. The highest BCUT2D eigenvalue weighted by molar-refractivity contribution is 5.50. The van der Waals surface area contributed by atoms with Crippen molar-refractivity contribution in [1.82, 2.24) is 0 Å². The molecule has 2 rings (SSSR count). The lowest BCUT2D eigenvalue weighted by Crippen LogP contribution is -2.28. The molecule has 1 fully saturated rings. The molecular weight excluding hydrogens is 286 g/mol. The number of hydrogen-bond acceptors (Lipinski definition) is 3. The van der Waals surface area contributed by atoms with Gasteiger partial charge < -0.3 is 15.6 Å². The molecule has 23 heavy (non-hydrogen) atoms. The summed E-state index contributed by atoms with van der Waals surface area (Å²) in [5.41, 5.74) is 9.61. The number of phenolic OH excluding ortho intramolecular Hbond substituents is 1. The standard InChI is InChI=1S/C20H33NO2/c1-19(2,3)14-11-15(17(21)13-7-9-23-10-8-13)18(22)16(12-14)20(4,5)6/h11-13,17,22H,7-10,21H2,1-6H3/t17-/m1/s1. The zero-order chi connectivity index (χ0) is 17.4. The predicted octanol–water partition coefficient (Wildman–Crippen LogP) is 4.41. The van der Waals surface area contributed by atoms with Crippen LogP contribution in [0.3, 0.4) is 0 Å². The molecule has 0 unspecified atom stereocenters. The van der Waals surface area contributed by atoms with Gasteiger partial charge in [-0.3, -0.25) is 0 Å². The summed E-state index contributed by atoms with van der Waals surface area (Å²) in [5.74, 6) is 0.752. The first kappa shape index (κ1) is 18.3. The maximum Gasteiger partial charge on any atom is 0.124 e. The van der Waals surface area contributed by atoms with Crippen molar-refractivity contribution in [3.05, 3.63) is 28.8 Å². The summed E-state index contributed by atoms with van der Waals surface area (Å²) in [6.07, 6.45) is 1.93. The third-order valence-electron chi connectivity index (χ3n) is 4.95. The molecule has 1 saturated heterocycles. The Hall–Kier alpha value is -1.06. The lowest BCUT2D eigenvalue weighted by atomic mass is 9.76. The topological polar surface area (TPSA) is 55.5 Å². The van der Waals surface area contributed by atoms with E-state index >= 15 is 0 Å². The van der Waals surface area contributed by atoms with Gasteiger partial charge in [-0.25, -0.2) is 0 Å². The van der Waals surface area contributed by atoms with E-state index in [1.165, 1.54) is 5.56 Å². The highest BCUT2D eigenvalue weighted by atomic mass is 16.5. The molecule has 0 aromatic heterocycles. The Labute approximate surface area is 141 Å². The second kappa shape index (κ2) is 6.45. The van der Waals surface area contributed by atoms with Gasteiger partial charge in [-0.15, -0.1) is 0 Å². The minimum atomic E-state index is -0.137. The van der Waals surface area contributed by atoms with Crippen molar-refractivity contribution in [3.63, 3.8) is 0 Å². The van der Waals surface area contributed by atoms with E-state index in [0.717, 1.165) is 37.2 Å². The number of phenols is 1. The molecule has 1 aromatic carbocycles. The first-order chi connectivity index (χ1) is 10.5. The van der Waals surface area contributed by atoms with Gasteiger partial charge in [-0.2, -0.15) is 0 Å². The average molecular weight is 319 g/mol. The second-order valence-corrected chi connectivity index (χ2v) is 8.94. The van der Waals surface area contributed by atoms with Gasteiger partial charge in [0.15, 0.2) is 0 Å². The summed E-state index contributed by atoms with van der Waals surface area (Å²) in [4.78, 5) is 0. The van der Waals surface area contributed by atoms with E-state index in [1.807, 2.05) is 0 Å². The maximum absolute atomic E-state index is 10.9. The summed E-state index contributed by atoms with van der Waals surface area (Å²) < 4.78 is 5.45. The van der Waals surface area contributed by atoms with Crippen LogP contribution in [-0.4, -0.2) is 18.3 Å². The first-order valence-corrected chi connectivity index (χ1v) is 8.73. The van der Waals surface area contributed by atoms with Crippen molar-refractivity contribution in [2.75, 3.05) is 13.2 Å². The Kier molecular flexibility index (Phi) is 5.12. The van der Waals surface area contributed by atoms with Crippen LogP contribution in [0.4, 0.5) is 0 Å². The van der Waals surface area contributed by atoms with Crippen molar-refractivity contribution in [3.8, 4) is 5.75 Å². The lowest BCUT2D eigenvalue weighted by Gasteiger charge is -2.32. The van der Waals surface area contributed by atoms with E-state index < -0.39 is 0 Å². The van der Waals surface area contributed by atoms with Gasteiger partial charge in [0.2, 0.25) is 0 Å². The Morgan fingerprint density at radius 1 is 1.04 bits per heavy atom. The van der Waals surface area contributed by atoms with Crippen molar-refractivity contribution in [1.29, 1.82) is 0 Å². The van der Waals surface area contributed by atoms with Crippen molar-refractivity contribution >= 4 is 0 Å². The molecular formula is C20H33NO2. The van der Waals surface area contributed by atoms with Crippen molar-refractivity contribution in [2.24, 2.45) is 11.7 Å². The molecule has 3 heteroatoms. The minimum Gasteiger partial charge on any atom is -0.507 e. The van der Waals surface area contributed by atoms with Crippen LogP contribution in [0, 0.1) is 5.92 Å². The monoisotopic (exact) mass is 319 g/mol. The summed E-state index contributed by atoms with van der Waals surface area (Å²) >= 11 is 0. The first-order valence-electron chi connectivity index (χ1n) is 8.73. The van der Waals surface area contributed by atoms with Crippen LogP contribution < -0.4 is 5.73 Å². The van der Waals surface area contributed by atoms with Gasteiger partial charge in [0.1, 0.15) is 5.75 Å². The van der Waals surface area contributed by atoms with E-state index in [0.29, 0.717) is 11.7 Å². The molecule has 3 N–H and O–H groups in total. The molecule has 0 amide bonds. The molecule has 1 aromatic rings. The number of aromatic hydroxyl groups is 1. The number of nitrogens with two attached hydrogens (primary N) is 1. The zero-order valence-corrected chi connectivity index (χ0v) is 15.6. The maximum atomic E-state index is 10.9. The summed E-state index contributed by atoms with van der Waals surface area (Å²) in [6.45, 7) is 14.6. The van der Waals surface area contributed by atoms with Gasteiger partial charge in [0.05, 0.1) is 0 Å². The summed E-state index contributed by atoms with van der Waals surface area (Å²) in [5, 5.41) is 10.9. The fraction of sp³-hybridized carbons (Fsp3) is 0.700. The quantitative estimate of drug-likeness (QED) is 0.848. The minimum absolute atomic E-state index is 0.0256. The normalized spacial score (nSPS) is 18.9. The van der Waals surface area contributed by atoms with E-state index in [2.05, 4.69) is 53.7 Å². The van der Waals surface area contributed by atoms with Crippen molar-refractivity contribution < 1.29 is 9.84 Å². The molecule has 1 aliphatic heterocycles. The Morgan fingerprint density at radius 3 is 2.09 bits per heavy atom. The largest absolute Gasteiger partial charge is 0.507 e. The molecule has 0 spiro atoms. The number of hydrogen-bond donors (Lipinski definition) is 2. The van der Waals surface area contributed by atoms with Gasteiger partial charge in [-0.1, -0.05) is 47.6 Å². The molecule has 0 aliphatic carbocycles. The Balaban J connectivity index is 2.52. The molecule has 0 bridgehead atoms. The SMILES string of the molecule is CC(C)(C)c1cc([C@H](N)C2CCOCC2)c(O)c(C(C)(C)C)c1. The fourth-order valence-electron chi connectivity index (χ4n) is 3.24. The van der Waals surface area contributed by atoms with Gasteiger partial charge >= 0.3 is 0 Å². The van der Waals surface area contributed by atoms with E-state index in [4.69, 9.17) is 10.5 Å². The average Bonchev–Trinajstić information content (AvgIpc) is 2.45. The lowest BCUT2D eigenvalue weighted by molar-refractivity contribution is 0.0580. The van der Waals surface area contributed by atoms with Crippen LogP contribution in [0.15, 0.2) is 12.1 Å². The van der Waals surface area contributed by atoms with Gasteiger partial charge in [-0.05, 0) is 46.8 Å². The third-order valence-corrected chi connectivity index (χ3v) is 4.95. The smallest absolute Gasteiger partial charge is 0.124 e. The van der Waals surface area contributed by atoms with Crippen LogP contribution in [0.5, 0.6) is 5.75 Å². The number of rotatable bonds is 2. The molecule has 0 radical (unpaired) electrons. The van der Waals surface area contributed by atoms with Crippen LogP contribution >= 0.6 is 0 Å². The fourth-order valence-corrected chi connectivity index (χ4v) is 3.24. The molecule has 130 valence electrons. The highest BCUT2D eigenvalue weighted by Gasteiger charge is 2.30. The molecule has 1 atom stereocenters. The van der Waals surface area contributed by atoms with Crippen LogP contribution in [0.25, 0.3) is 0 Å². The number of benzene rings is 1. The van der Waals surface area contributed by atoms with Gasteiger partial charge in [0, 0.05) is 24.8 Å². The van der Waals surface area contributed by atoms with E-state index in [9.17, 15) is 5.11 Å². The second-order valence-electron chi connectivity index (χ2n) is 8.94. The molecule has 3 nitrogen and oxygen atoms in total.